The lowest BCUT2D eigenvalue weighted by Gasteiger charge is -2.26. The molecule has 0 bridgehead atoms. The molecule has 1 atom stereocenters. The quantitative estimate of drug-likeness (QED) is 0.538. The van der Waals surface area contributed by atoms with Crippen molar-refractivity contribution >= 4 is 49.9 Å². The number of carbonyl (C=O) groups is 1. The van der Waals surface area contributed by atoms with Gasteiger partial charge >= 0.3 is 0 Å². The van der Waals surface area contributed by atoms with Crippen LogP contribution < -0.4 is 0 Å². The smallest absolute Gasteiger partial charge is 0.254 e. The van der Waals surface area contributed by atoms with E-state index >= 15 is 0 Å². The van der Waals surface area contributed by atoms with Gasteiger partial charge in [-0.2, -0.15) is 0 Å². The number of hydrogen-bond donors (Lipinski definition) is 0. The highest BCUT2D eigenvalue weighted by molar-refractivity contribution is 14.1. The third kappa shape index (κ3) is 3.90. The maximum Gasteiger partial charge on any atom is 0.254 e. The first kappa shape index (κ1) is 16.6. The molecule has 1 saturated heterocycles. The van der Waals surface area contributed by atoms with Crippen LogP contribution in [-0.2, 0) is 9.84 Å². The van der Waals surface area contributed by atoms with Gasteiger partial charge in [0, 0.05) is 15.2 Å². The first-order valence-corrected chi connectivity index (χ1v) is 9.52. The molecule has 0 N–H and O–H groups in total. The second kappa shape index (κ2) is 6.55. The minimum absolute atomic E-state index is 0.0292. The zero-order valence-electron chi connectivity index (χ0n) is 11.1. The van der Waals surface area contributed by atoms with E-state index in [1.165, 1.54) is 4.90 Å². The van der Waals surface area contributed by atoms with Crippen LogP contribution in [0, 0.1) is 15.9 Å². The van der Waals surface area contributed by atoms with E-state index in [4.69, 9.17) is 18.0 Å². The fourth-order valence-electron chi connectivity index (χ4n) is 2.28. The molecule has 1 fully saturated rings. The maximum absolute atomic E-state index is 12.6. The van der Waals surface area contributed by atoms with Gasteiger partial charge in [0.1, 0.15) is 0 Å². The average molecular weight is 438 g/mol. The Balaban J connectivity index is 2.28. The largest absolute Gasteiger partial charge is 0.323 e. The Kier molecular flexibility index (Phi) is 5.17. The summed E-state index contributed by atoms with van der Waals surface area (Å²) in [7, 11) is -3.08. The van der Waals surface area contributed by atoms with Crippen molar-refractivity contribution in [2.75, 3.05) is 18.1 Å². The standard InChI is InChI=1S/C14H13ClINO3S/c1-2-6-17(11-5-7-21(19,20)9-11)14(18)10-3-4-13(16)12(15)8-10/h1,3-4,8,11H,5-7,9H2. The first-order chi connectivity index (χ1) is 9.84. The minimum Gasteiger partial charge on any atom is -0.323 e. The highest BCUT2D eigenvalue weighted by Gasteiger charge is 2.34. The molecule has 0 spiro atoms. The van der Waals surface area contributed by atoms with Gasteiger partial charge in [-0.05, 0) is 47.2 Å². The Bertz CT molecular complexity index is 711. The van der Waals surface area contributed by atoms with Crippen LogP contribution in [0.1, 0.15) is 16.8 Å². The van der Waals surface area contributed by atoms with Crippen LogP contribution in [0.4, 0.5) is 0 Å². The lowest BCUT2D eigenvalue weighted by molar-refractivity contribution is 0.0724. The van der Waals surface area contributed by atoms with Crippen molar-refractivity contribution < 1.29 is 13.2 Å². The maximum atomic E-state index is 12.6. The molecule has 7 heteroatoms. The summed E-state index contributed by atoms with van der Waals surface area (Å²) in [6.45, 7) is 0.0859. The Morgan fingerprint density at radius 1 is 1.52 bits per heavy atom. The number of amides is 1. The van der Waals surface area contributed by atoms with Gasteiger partial charge in [0.2, 0.25) is 0 Å². The molecule has 4 nitrogen and oxygen atoms in total. The molecular formula is C14H13ClINO3S. The number of sulfone groups is 1. The number of nitrogens with zero attached hydrogens (tertiary/aromatic N) is 1. The molecule has 112 valence electrons. The molecule has 0 saturated carbocycles. The third-order valence-corrected chi connectivity index (χ3v) is 6.66. The SMILES string of the molecule is C#CCN(C(=O)c1ccc(I)c(Cl)c1)C1CCS(=O)(=O)C1. The van der Waals surface area contributed by atoms with Crippen molar-refractivity contribution in [1.82, 2.24) is 4.90 Å². The second-order valence-electron chi connectivity index (χ2n) is 4.82. The third-order valence-electron chi connectivity index (χ3n) is 3.34. The molecule has 1 amide bonds. The summed E-state index contributed by atoms with van der Waals surface area (Å²) in [6, 6.07) is 4.63. The number of benzene rings is 1. The lowest BCUT2D eigenvalue weighted by Crippen LogP contribution is -2.41. The highest BCUT2D eigenvalue weighted by atomic mass is 127. The molecule has 2 rings (SSSR count). The van der Waals surface area contributed by atoms with E-state index in [2.05, 4.69) is 28.5 Å². The van der Waals surface area contributed by atoms with Crippen molar-refractivity contribution in [3.63, 3.8) is 0 Å². The molecule has 1 heterocycles. The van der Waals surface area contributed by atoms with Gasteiger partial charge in [-0.15, -0.1) is 6.42 Å². The molecule has 1 aliphatic rings. The van der Waals surface area contributed by atoms with Crippen molar-refractivity contribution in [2.24, 2.45) is 0 Å². The molecule has 21 heavy (non-hydrogen) atoms. The predicted octanol–water partition coefficient (Wildman–Crippen LogP) is 2.21. The van der Waals surface area contributed by atoms with Crippen LogP contribution in [0.25, 0.3) is 0 Å². The average Bonchev–Trinajstić information content (AvgIpc) is 2.78. The Hall–Kier alpha value is -0.780. The van der Waals surface area contributed by atoms with Crippen LogP contribution >= 0.6 is 34.2 Å². The summed E-state index contributed by atoms with van der Waals surface area (Å²) in [5.41, 5.74) is 0.417. The van der Waals surface area contributed by atoms with Gasteiger partial charge in [-0.25, -0.2) is 8.42 Å². The summed E-state index contributed by atoms with van der Waals surface area (Å²) < 4.78 is 24.0. The highest BCUT2D eigenvalue weighted by Crippen LogP contribution is 2.23. The molecule has 1 aromatic rings. The Labute approximate surface area is 142 Å². The monoisotopic (exact) mass is 437 g/mol. The second-order valence-corrected chi connectivity index (χ2v) is 8.62. The first-order valence-electron chi connectivity index (χ1n) is 6.24. The van der Waals surface area contributed by atoms with Crippen LogP contribution in [0.2, 0.25) is 5.02 Å². The molecule has 0 radical (unpaired) electrons. The van der Waals surface area contributed by atoms with E-state index in [-0.39, 0.29) is 30.0 Å². The summed E-state index contributed by atoms with van der Waals surface area (Å²) >= 11 is 8.10. The molecule has 0 aromatic heterocycles. The van der Waals surface area contributed by atoms with Gasteiger partial charge in [0.15, 0.2) is 9.84 Å². The van der Waals surface area contributed by atoms with E-state index < -0.39 is 9.84 Å². The van der Waals surface area contributed by atoms with Gasteiger partial charge in [0.25, 0.3) is 5.91 Å². The number of halogens is 2. The summed E-state index contributed by atoms with van der Waals surface area (Å²) in [5, 5.41) is 0.487. The normalized spacial score (nSPS) is 20.0. The molecule has 1 aliphatic heterocycles. The van der Waals surface area contributed by atoms with Gasteiger partial charge in [-0.3, -0.25) is 4.79 Å². The van der Waals surface area contributed by atoms with Crippen molar-refractivity contribution in [2.45, 2.75) is 12.5 Å². The predicted molar refractivity (Wildman–Crippen MR) is 91.1 cm³/mol. The topological polar surface area (TPSA) is 54.5 Å². The van der Waals surface area contributed by atoms with Crippen molar-refractivity contribution in [1.29, 1.82) is 0 Å². The van der Waals surface area contributed by atoms with Gasteiger partial charge < -0.3 is 4.90 Å². The molecule has 1 unspecified atom stereocenters. The van der Waals surface area contributed by atoms with Crippen LogP contribution in [-0.4, -0.2) is 43.3 Å². The van der Waals surface area contributed by atoms with Gasteiger partial charge in [-0.1, -0.05) is 17.5 Å². The van der Waals surface area contributed by atoms with Crippen LogP contribution in [0.3, 0.4) is 0 Å². The molecule has 0 aliphatic carbocycles. The summed E-state index contributed by atoms with van der Waals surface area (Å²) in [5.74, 6) is 2.21. The minimum atomic E-state index is -3.08. The Morgan fingerprint density at radius 3 is 2.76 bits per heavy atom. The van der Waals surface area contributed by atoms with E-state index in [1.54, 1.807) is 18.2 Å². The number of terminal acetylenes is 1. The number of hydrogen-bond acceptors (Lipinski definition) is 3. The summed E-state index contributed by atoms with van der Waals surface area (Å²) in [4.78, 5) is 14.0. The van der Waals surface area contributed by atoms with E-state index in [1.807, 2.05) is 0 Å². The zero-order chi connectivity index (χ0) is 15.6. The lowest BCUT2D eigenvalue weighted by atomic mass is 10.1. The fraction of sp³-hybridized carbons (Fsp3) is 0.357. The number of rotatable bonds is 3. The van der Waals surface area contributed by atoms with E-state index in [9.17, 15) is 13.2 Å². The van der Waals surface area contributed by atoms with Gasteiger partial charge in [0.05, 0.1) is 23.1 Å². The van der Waals surface area contributed by atoms with Crippen molar-refractivity contribution in [3.8, 4) is 12.3 Å². The van der Waals surface area contributed by atoms with Crippen molar-refractivity contribution in [3.05, 3.63) is 32.4 Å². The number of carbonyl (C=O) groups excluding carboxylic acids is 1. The molecule has 1 aromatic carbocycles. The summed E-state index contributed by atoms with van der Waals surface area (Å²) in [6.07, 6.45) is 5.74. The van der Waals surface area contributed by atoms with E-state index in [0.29, 0.717) is 17.0 Å². The van der Waals surface area contributed by atoms with E-state index in [0.717, 1.165) is 3.57 Å². The molecular weight excluding hydrogens is 425 g/mol. The van der Waals surface area contributed by atoms with Crippen LogP contribution in [0.15, 0.2) is 18.2 Å². The Morgan fingerprint density at radius 2 is 2.24 bits per heavy atom. The fourth-order valence-corrected chi connectivity index (χ4v) is 4.53. The zero-order valence-corrected chi connectivity index (χ0v) is 14.8. The van der Waals surface area contributed by atoms with Crippen LogP contribution in [0.5, 0.6) is 0 Å².